The first-order valence-electron chi connectivity index (χ1n) is 5.23. The average molecular weight is 200 g/mol. The minimum atomic E-state index is -0.0743. The normalized spacial score (nSPS) is 18.3. The van der Waals surface area contributed by atoms with Crippen LogP contribution in [0, 0.1) is 5.92 Å². The van der Waals surface area contributed by atoms with Crippen molar-refractivity contribution in [3.05, 3.63) is 0 Å². The van der Waals surface area contributed by atoms with Gasteiger partial charge in [-0.3, -0.25) is 4.79 Å². The molecule has 82 valence electrons. The molecule has 1 saturated carbocycles. The molecule has 0 aromatic carbocycles. The quantitative estimate of drug-likeness (QED) is 0.646. The molecular formula is C10H20N2O2. The predicted octanol–water partition coefficient (Wildman–Crippen LogP) is 0.265. The molecule has 1 rings (SSSR count). The van der Waals surface area contributed by atoms with Gasteiger partial charge in [-0.25, -0.2) is 0 Å². The summed E-state index contributed by atoms with van der Waals surface area (Å²) in [7, 11) is 0. The first-order chi connectivity index (χ1) is 6.59. The van der Waals surface area contributed by atoms with E-state index in [1.165, 1.54) is 12.8 Å². The lowest BCUT2D eigenvalue weighted by Gasteiger charge is -2.12. The second kappa shape index (κ2) is 5.32. The fourth-order valence-corrected chi connectivity index (χ4v) is 1.22. The SMILES string of the molecule is CC(C)OCC(=O)NCC(N)C1CC1. The molecule has 0 aliphatic heterocycles. The summed E-state index contributed by atoms with van der Waals surface area (Å²) in [6.45, 7) is 4.52. The summed E-state index contributed by atoms with van der Waals surface area (Å²) in [4.78, 5) is 11.2. The number of carbonyl (C=O) groups excluding carboxylic acids is 1. The van der Waals surface area contributed by atoms with E-state index in [0.717, 1.165) is 0 Å². The smallest absolute Gasteiger partial charge is 0.246 e. The number of carbonyl (C=O) groups is 1. The van der Waals surface area contributed by atoms with E-state index in [4.69, 9.17) is 10.5 Å². The number of hydrogen-bond acceptors (Lipinski definition) is 3. The standard InChI is InChI=1S/C10H20N2O2/c1-7(2)14-6-10(13)12-5-9(11)8-3-4-8/h7-9H,3-6,11H2,1-2H3,(H,12,13). The van der Waals surface area contributed by atoms with Gasteiger partial charge in [0.25, 0.3) is 0 Å². The van der Waals surface area contributed by atoms with E-state index in [2.05, 4.69) is 5.32 Å². The summed E-state index contributed by atoms with van der Waals surface area (Å²) in [6, 6.07) is 0.123. The first-order valence-corrected chi connectivity index (χ1v) is 5.23. The van der Waals surface area contributed by atoms with Gasteiger partial charge >= 0.3 is 0 Å². The van der Waals surface area contributed by atoms with Gasteiger partial charge in [0.1, 0.15) is 6.61 Å². The topological polar surface area (TPSA) is 64.3 Å². The Morgan fingerprint density at radius 2 is 2.21 bits per heavy atom. The van der Waals surface area contributed by atoms with E-state index >= 15 is 0 Å². The zero-order valence-electron chi connectivity index (χ0n) is 8.95. The number of rotatable bonds is 6. The maximum Gasteiger partial charge on any atom is 0.246 e. The average Bonchev–Trinajstić information content (AvgIpc) is 2.93. The summed E-state index contributed by atoms with van der Waals surface area (Å²) < 4.78 is 5.16. The van der Waals surface area contributed by atoms with Crippen LogP contribution in [0.25, 0.3) is 0 Å². The van der Waals surface area contributed by atoms with E-state index in [0.29, 0.717) is 12.5 Å². The molecule has 1 fully saturated rings. The summed E-state index contributed by atoms with van der Waals surface area (Å²) in [5, 5.41) is 2.77. The number of nitrogens with two attached hydrogens (primary N) is 1. The van der Waals surface area contributed by atoms with E-state index < -0.39 is 0 Å². The highest BCUT2D eigenvalue weighted by atomic mass is 16.5. The van der Waals surface area contributed by atoms with Crippen LogP contribution >= 0.6 is 0 Å². The molecule has 0 aromatic rings. The predicted molar refractivity (Wildman–Crippen MR) is 54.8 cm³/mol. The second-order valence-electron chi connectivity index (χ2n) is 4.17. The largest absolute Gasteiger partial charge is 0.369 e. The van der Waals surface area contributed by atoms with E-state index in [-0.39, 0.29) is 24.7 Å². The number of nitrogens with one attached hydrogen (secondary N) is 1. The Morgan fingerprint density at radius 3 is 2.71 bits per heavy atom. The lowest BCUT2D eigenvalue weighted by molar-refractivity contribution is -0.127. The number of ether oxygens (including phenoxy) is 1. The molecule has 1 amide bonds. The molecule has 3 N–H and O–H groups in total. The summed E-state index contributed by atoms with van der Waals surface area (Å²) >= 11 is 0. The highest BCUT2D eigenvalue weighted by Crippen LogP contribution is 2.31. The molecule has 0 radical (unpaired) electrons. The minimum absolute atomic E-state index is 0.0743. The molecule has 0 heterocycles. The zero-order valence-corrected chi connectivity index (χ0v) is 8.95. The summed E-state index contributed by atoms with van der Waals surface area (Å²) in [6.07, 6.45) is 2.51. The van der Waals surface area contributed by atoms with Gasteiger partial charge in [0, 0.05) is 12.6 Å². The van der Waals surface area contributed by atoms with Crippen molar-refractivity contribution in [2.24, 2.45) is 11.7 Å². The van der Waals surface area contributed by atoms with Crippen LogP contribution < -0.4 is 11.1 Å². The second-order valence-corrected chi connectivity index (χ2v) is 4.17. The molecule has 4 heteroatoms. The Hall–Kier alpha value is -0.610. The van der Waals surface area contributed by atoms with Crippen LogP contribution in [0.15, 0.2) is 0 Å². The summed E-state index contributed by atoms with van der Waals surface area (Å²) in [5.41, 5.74) is 5.83. The van der Waals surface area contributed by atoms with E-state index in [1.54, 1.807) is 0 Å². The highest BCUT2D eigenvalue weighted by Gasteiger charge is 2.28. The van der Waals surface area contributed by atoms with Crippen LogP contribution in [-0.4, -0.2) is 31.2 Å². The van der Waals surface area contributed by atoms with Crippen molar-refractivity contribution in [3.8, 4) is 0 Å². The van der Waals surface area contributed by atoms with Gasteiger partial charge in [-0.15, -0.1) is 0 Å². The Balaban J connectivity index is 2.02. The van der Waals surface area contributed by atoms with E-state index in [1.807, 2.05) is 13.8 Å². The molecule has 0 spiro atoms. The Labute approximate surface area is 85.2 Å². The molecule has 0 saturated heterocycles. The Kier molecular flexibility index (Phi) is 4.35. The molecule has 0 bridgehead atoms. The number of amides is 1. The molecule has 1 aliphatic rings. The van der Waals surface area contributed by atoms with Gasteiger partial charge < -0.3 is 15.8 Å². The monoisotopic (exact) mass is 200 g/mol. The van der Waals surface area contributed by atoms with Crippen molar-refractivity contribution < 1.29 is 9.53 Å². The molecule has 1 atom stereocenters. The van der Waals surface area contributed by atoms with Crippen molar-refractivity contribution in [2.75, 3.05) is 13.2 Å². The van der Waals surface area contributed by atoms with Crippen molar-refractivity contribution in [2.45, 2.75) is 38.8 Å². The van der Waals surface area contributed by atoms with Gasteiger partial charge in [0.15, 0.2) is 0 Å². The molecule has 14 heavy (non-hydrogen) atoms. The lowest BCUT2D eigenvalue weighted by Crippen LogP contribution is -2.40. The van der Waals surface area contributed by atoms with Gasteiger partial charge in [0.2, 0.25) is 5.91 Å². The Morgan fingerprint density at radius 1 is 1.57 bits per heavy atom. The van der Waals surface area contributed by atoms with Crippen LogP contribution in [0.2, 0.25) is 0 Å². The van der Waals surface area contributed by atoms with E-state index in [9.17, 15) is 4.79 Å². The zero-order chi connectivity index (χ0) is 10.6. The third-order valence-corrected chi connectivity index (χ3v) is 2.31. The molecule has 1 unspecified atom stereocenters. The van der Waals surface area contributed by atoms with Gasteiger partial charge in [-0.1, -0.05) is 0 Å². The fourth-order valence-electron chi connectivity index (χ4n) is 1.22. The first kappa shape index (κ1) is 11.5. The van der Waals surface area contributed by atoms with Crippen LogP contribution in [0.5, 0.6) is 0 Å². The van der Waals surface area contributed by atoms with Crippen molar-refractivity contribution in [1.82, 2.24) is 5.32 Å². The van der Waals surface area contributed by atoms with Crippen molar-refractivity contribution >= 4 is 5.91 Å². The number of hydrogen-bond donors (Lipinski definition) is 2. The van der Waals surface area contributed by atoms with Crippen LogP contribution in [0.1, 0.15) is 26.7 Å². The van der Waals surface area contributed by atoms with Crippen molar-refractivity contribution in [1.29, 1.82) is 0 Å². The summed E-state index contributed by atoms with van der Waals surface area (Å²) in [5.74, 6) is 0.552. The van der Waals surface area contributed by atoms with Crippen LogP contribution in [-0.2, 0) is 9.53 Å². The highest BCUT2D eigenvalue weighted by molar-refractivity contribution is 5.77. The lowest BCUT2D eigenvalue weighted by atomic mass is 10.2. The minimum Gasteiger partial charge on any atom is -0.369 e. The van der Waals surface area contributed by atoms with Gasteiger partial charge in [-0.05, 0) is 32.6 Å². The fraction of sp³-hybridized carbons (Fsp3) is 0.900. The molecule has 4 nitrogen and oxygen atoms in total. The maximum absolute atomic E-state index is 11.2. The van der Waals surface area contributed by atoms with Gasteiger partial charge in [0.05, 0.1) is 6.10 Å². The molecule has 0 aromatic heterocycles. The molecular weight excluding hydrogens is 180 g/mol. The third kappa shape index (κ3) is 4.58. The van der Waals surface area contributed by atoms with Gasteiger partial charge in [-0.2, -0.15) is 0 Å². The van der Waals surface area contributed by atoms with Crippen molar-refractivity contribution in [3.63, 3.8) is 0 Å². The Bertz CT molecular complexity index is 191. The maximum atomic E-state index is 11.2. The third-order valence-electron chi connectivity index (χ3n) is 2.31. The molecule has 1 aliphatic carbocycles. The van der Waals surface area contributed by atoms with Crippen LogP contribution in [0.4, 0.5) is 0 Å². The van der Waals surface area contributed by atoms with Crippen LogP contribution in [0.3, 0.4) is 0 Å².